The Morgan fingerprint density at radius 1 is 1.07 bits per heavy atom. The van der Waals surface area contributed by atoms with Gasteiger partial charge in [0.1, 0.15) is 6.04 Å². The van der Waals surface area contributed by atoms with Gasteiger partial charge in [-0.1, -0.05) is 17.7 Å². The Bertz CT molecular complexity index is 990. The van der Waals surface area contributed by atoms with Crippen molar-refractivity contribution < 1.29 is 14.8 Å². The lowest BCUT2D eigenvalue weighted by Crippen LogP contribution is -2.86. The minimum atomic E-state index is 0.543. The second-order valence-corrected chi connectivity index (χ2v) is 7.91. The molecule has 4 rings (SSSR count). The summed E-state index contributed by atoms with van der Waals surface area (Å²) in [5, 5.41) is 3.98. The van der Waals surface area contributed by atoms with Gasteiger partial charge in [0.15, 0.2) is 11.5 Å². The quantitative estimate of drug-likeness (QED) is 0.710. The number of aryl methyl sites for hydroxylation is 3. The zero-order valence-corrected chi connectivity index (χ0v) is 17.4. The highest BCUT2D eigenvalue weighted by molar-refractivity contribution is 5.86. The van der Waals surface area contributed by atoms with Crippen molar-refractivity contribution in [3.8, 4) is 11.5 Å². The van der Waals surface area contributed by atoms with Crippen molar-refractivity contribution in [3.63, 3.8) is 0 Å². The third-order valence-electron chi connectivity index (χ3n) is 6.13. The van der Waals surface area contributed by atoms with E-state index >= 15 is 0 Å². The lowest BCUT2D eigenvalue weighted by molar-refractivity contribution is -0.697. The zero-order chi connectivity index (χ0) is 19.7. The third-order valence-corrected chi connectivity index (χ3v) is 6.13. The highest BCUT2D eigenvalue weighted by Gasteiger charge is 2.28. The van der Waals surface area contributed by atoms with E-state index in [2.05, 4.69) is 54.2 Å². The minimum Gasteiger partial charge on any atom is -0.493 e. The molecular weight excluding hydrogens is 348 g/mol. The Hall–Kier alpha value is -2.46. The van der Waals surface area contributed by atoms with E-state index in [1.165, 1.54) is 47.0 Å². The van der Waals surface area contributed by atoms with Gasteiger partial charge in [0.05, 0.1) is 26.5 Å². The molecule has 2 aromatic carbocycles. The number of benzene rings is 2. The standard InChI is InChI=1S/C24H30N2O2/c1-16-8-10-21-19(14-16)18-6-5-7-20(24(18)26(21)2)25-13-12-17-9-11-22(27-3)23(15-17)28-4/h8-11,14-15,20,25H,5-7,12-13H2,1-4H3/p+1/t20-/m0/s1. The molecule has 1 aliphatic carbocycles. The first-order valence-electron chi connectivity index (χ1n) is 10.2. The van der Waals surface area contributed by atoms with Gasteiger partial charge < -0.3 is 19.4 Å². The monoisotopic (exact) mass is 379 g/mol. The van der Waals surface area contributed by atoms with E-state index in [-0.39, 0.29) is 0 Å². The lowest BCUT2D eigenvalue weighted by atomic mass is 9.91. The average Bonchev–Trinajstić information content (AvgIpc) is 3.00. The molecular formula is C24H31N2O2+. The summed E-state index contributed by atoms with van der Waals surface area (Å²) in [6.07, 6.45) is 4.76. The predicted octanol–water partition coefficient (Wildman–Crippen LogP) is 3.69. The Balaban J connectivity index is 1.51. The van der Waals surface area contributed by atoms with Crippen LogP contribution in [0.25, 0.3) is 10.9 Å². The van der Waals surface area contributed by atoms with Crippen LogP contribution in [0.5, 0.6) is 11.5 Å². The number of methoxy groups -OCH3 is 2. The Kier molecular flexibility index (Phi) is 5.31. The summed E-state index contributed by atoms with van der Waals surface area (Å²) in [5.74, 6) is 1.60. The van der Waals surface area contributed by atoms with Crippen LogP contribution in [-0.4, -0.2) is 25.3 Å². The molecule has 0 amide bonds. The van der Waals surface area contributed by atoms with Crippen LogP contribution in [0.1, 0.15) is 41.3 Å². The van der Waals surface area contributed by atoms with Gasteiger partial charge in [-0.3, -0.25) is 0 Å². The zero-order valence-electron chi connectivity index (χ0n) is 17.4. The molecule has 0 bridgehead atoms. The molecule has 3 aromatic rings. The summed E-state index contributed by atoms with van der Waals surface area (Å²) in [7, 11) is 5.60. The van der Waals surface area contributed by atoms with E-state index < -0.39 is 0 Å². The Morgan fingerprint density at radius 3 is 2.68 bits per heavy atom. The van der Waals surface area contributed by atoms with E-state index in [1.54, 1.807) is 19.8 Å². The maximum atomic E-state index is 5.44. The van der Waals surface area contributed by atoms with Gasteiger partial charge in [0.2, 0.25) is 0 Å². The molecule has 148 valence electrons. The second kappa shape index (κ2) is 7.88. The smallest absolute Gasteiger partial charge is 0.160 e. The summed E-state index contributed by atoms with van der Waals surface area (Å²) in [4.78, 5) is 0. The van der Waals surface area contributed by atoms with Crippen molar-refractivity contribution in [3.05, 3.63) is 58.8 Å². The fourth-order valence-corrected chi connectivity index (χ4v) is 4.74. The molecule has 0 saturated heterocycles. The van der Waals surface area contributed by atoms with E-state index in [9.17, 15) is 0 Å². The molecule has 1 heterocycles. The summed E-state index contributed by atoms with van der Waals surface area (Å²) >= 11 is 0. The van der Waals surface area contributed by atoms with Crippen LogP contribution in [0.4, 0.5) is 0 Å². The minimum absolute atomic E-state index is 0.543. The van der Waals surface area contributed by atoms with Gasteiger partial charge >= 0.3 is 0 Å². The fourth-order valence-electron chi connectivity index (χ4n) is 4.74. The van der Waals surface area contributed by atoms with Crippen molar-refractivity contribution in [2.45, 2.75) is 38.6 Å². The van der Waals surface area contributed by atoms with Crippen LogP contribution >= 0.6 is 0 Å². The number of nitrogens with two attached hydrogens (primary N) is 1. The second-order valence-electron chi connectivity index (χ2n) is 7.91. The lowest BCUT2D eigenvalue weighted by Gasteiger charge is -2.23. The molecule has 0 aliphatic heterocycles. The number of hydrogen-bond acceptors (Lipinski definition) is 2. The molecule has 2 N–H and O–H groups in total. The van der Waals surface area contributed by atoms with Gasteiger partial charge in [-0.05, 0) is 55.2 Å². The summed E-state index contributed by atoms with van der Waals surface area (Å²) < 4.78 is 13.2. The van der Waals surface area contributed by atoms with Crippen molar-refractivity contribution in [1.29, 1.82) is 0 Å². The molecule has 4 nitrogen and oxygen atoms in total. The summed E-state index contributed by atoms with van der Waals surface area (Å²) in [6, 6.07) is 13.6. The average molecular weight is 380 g/mol. The number of hydrogen-bond donors (Lipinski definition) is 1. The summed E-state index contributed by atoms with van der Waals surface area (Å²) in [5.41, 5.74) is 7.10. The van der Waals surface area contributed by atoms with E-state index in [0.717, 1.165) is 24.5 Å². The van der Waals surface area contributed by atoms with Crippen LogP contribution in [0.3, 0.4) is 0 Å². The van der Waals surface area contributed by atoms with Crippen LogP contribution in [-0.2, 0) is 19.9 Å². The number of nitrogens with zero attached hydrogens (tertiary/aromatic N) is 1. The van der Waals surface area contributed by atoms with Gasteiger partial charge in [-0.15, -0.1) is 0 Å². The number of quaternary nitrogens is 1. The molecule has 0 spiro atoms. The van der Waals surface area contributed by atoms with Crippen molar-refractivity contribution in [1.82, 2.24) is 4.57 Å². The number of fused-ring (bicyclic) bond motifs is 3. The van der Waals surface area contributed by atoms with Gasteiger partial charge in [-0.25, -0.2) is 0 Å². The molecule has 1 atom stereocenters. The Labute approximate surface area is 167 Å². The fraction of sp³-hybridized carbons (Fsp3) is 0.417. The molecule has 28 heavy (non-hydrogen) atoms. The van der Waals surface area contributed by atoms with Gasteiger partial charge in [0.25, 0.3) is 0 Å². The third kappa shape index (κ3) is 3.37. The van der Waals surface area contributed by atoms with Crippen molar-refractivity contribution in [2.24, 2.45) is 7.05 Å². The van der Waals surface area contributed by atoms with Gasteiger partial charge in [-0.2, -0.15) is 0 Å². The number of aromatic nitrogens is 1. The highest BCUT2D eigenvalue weighted by Crippen LogP contribution is 2.35. The van der Waals surface area contributed by atoms with Crippen LogP contribution < -0.4 is 14.8 Å². The van der Waals surface area contributed by atoms with Crippen LogP contribution in [0, 0.1) is 6.92 Å². The molecule has 4 heteroatoms. The molecule has 0 fully saturated rings. The SMILES string of the molecule is COc1ccc(CC[NH2+][C@H]2CCCc3c2n(C)c2ccc(C)cc32)cc1OC. The van der Waals surface area contributed by atoms with Crippen LogP contribution in [0.15, 0.2) is 36.4 Å². The van der Waals surface area contributed by atoms with Crippen molar-refractivity contribution >= 4 is 10.9 Å². The number of ether oxygens (including phenoxy) is 2. The van der Waals surface area contributed by atoms with E-state index in [1.807, 2.05) is 6.07 Å². The van der Waals surface area contributed by atoms with Gasteiger partial charge in [0, 0.05) is 30.8 Å². The summed E-state index contributed by atoms with van der Waals surface area (Å²) in [6.45, 7) is 3.26. The molecule has 0 radical (unpaired) electrons. The van der Waals surface area contributed by atoms with Crippen molar-refractivity contribution in [2.75, 3.05) is 20.8 Å². The molecule has 1 aliphatic rings. The maximum absolute atomic E-state index is 5.44. The van der Waals surface area contributed by atoms with E-state index in [4.69, 9.17) is 9.47 Å². The molecule has 0 saturated carbocycles. The predicted molar refractivity (Wildman–Crippen MR) is 113 cm³/mol. The Morgan fingerprint density at radius 2 is 1.89 bits per heavy atom. The number of rotatable bonds is 6. The first-order valence-corrected chi connectivity index (χ1v) is 10.2. The molecule has 0 unspecified atom stereocenters. The van der Waals surface area contributed by atoms with Crippen LogP contribution in [0.2, 0.25) is 0 Å². The molecule has 1 aromatic heterocycles. The maximum Gasteiger partial charge on any atom is 0.160 e. The first-order chi connectivity index (χ1) is 13.6. The van der Waals surface area contributed by atoms with E-state index in [0.29, 0.717) is 6.04 Å². The topological polar surface area (TPSA) is 40.0 Å². The largest absolute Gasteiger partial charge is 0.493 e. The highest BCUT2D eigenvalue weighted by atomic mass is 16.5. The normalized spacial score (nSPS) is 16.2. The first kappa shape index (κ1) is 18.9.